The first-order valence-corrected chi connectivity index (χ1v) is 5.80. The van der Waals surface area contributed by atoms with Crippen LogP contribution in [0, 0.1) is 0 Å². The van der Waals surface area contributed by atoms with Crippen LogP contribution in [-0.4, -0.2) is 41.9 Å². The molecule has 0 spiro atoms. The zero-order valence-electron chi connectivity index (χ0n) is 10.2. The average molecular weight is 249 g/mol. The lowest BCUT2D eigenvalue weighted by Crippen LogP contribution is -2.40. The standard InChI is InChI=1S/C13H15NO4/c1-18-10-4-5-11(12(16)7-10)13(17)14-6-2-3-9(15)8-14/h4-5,7,16H,2-3,6,8H2,1H3. The highest BCUT2D eigenvalue weighted by molar-refractivity contribution is 5.99. The maximum atomic E-state index is 12.1. The van der Waals surface area contributed by atoms with Crippen molar-refractivity contribution in [1.82, 2.24) is 4.90 Å². The lowest BCUT2D eigenvalue weighted by Gasteiger charge is -2.26. The molecule has 2 rings (SSSR count). The molecule has 0 bridgehead atoms. The molecule has 1 N–H and O–H groups in total. The maximum absolute atomic E-state index is 12.1. The number of piperidine rings is 1. The number of hydrogen-bond donors (Lipinski definition) is 1. The van der Waals surface area contributed by atoms with Crippen LogP contribution in [-0.2, 0) is 4.79 Å². The van der Waals surface area contributed by atoms with E-state index in [2.05, 4.69) is 0 Å². The number of rotatable bonds is 2. The van der Waals surface area contributed by atoms with E-state index in [1.54, 1.807) is 6.07 Å². The van der Waals surface area contributed by atoms with Crippen molar-refractivity contribution in [3.05, 3.63) is 23.8 Å². The number of carbonyl (C=O) groups excluding carboxylic acids is 2. The molecule has 18 heavy (non-hydrogen) atoms. The number of benzene rings is 1. The van der Waals surface area contributed by atoms with E-state index in [9.17, 15) is 14.7 Å². The fourth-order valence-corrected chi connectivity index (χ4v) is 2.00. The molecule has 0 saturated carbocycles. The Morgan fingerprint density at radius 2 is 2.22 bits per heavy atom. The highest BCUT2D eigenvalue weighted by atomic mass is 16.5. The van der Waals surface area contributed by atoms with E-state index in [4.69, 9.17) is 4.74 Å². The van der Waals surface area contributed by atoms with Gasteiger partial charge in [0, 0.05) is 19.0 Å². The van der Waals surface area contributed by atoms with Crippen molar-refractivity contribution in [3.8, 4) is 11.5 Å². The van der Waals surface area contributed by atoms with Gasteiger partial charge in [-0.1, -0.05) is 0 Å². The second kappa shape index (κ2) is 5.08. The molecule has 1 heterocycles. The summed E-state index contributed by atoms with van der Waals surface area (Å²) in [6.45, 7) is 0.681. The summed E-state index contributed by atoms with van der Waals surface area (Å²) in [6.07, 6.45) is 1.21. The van der Waals surface area contributed by atoms with E-state index in [0.717, 1.165) is 0 Å². The largest absolute Gasteiger partial charge is 0.507 e. The number of carbonyl (C=O) groups is 2. The first-order chi connectivity index (χ1) is 8.61. The molecule has 0 atom stereocenters. The lowest BCUT2D eigenvalue weighted by atomic mass is 10.1. The smallest absolute Gasteiger partial charge is 0.258 e. The zero-order valence-corrected chi connectivity index (χ0v) is 10.2. The average Bonchev–Trinajstić information content (AvgIpc) is 2.37. The van der Waals surface area contributed by atoms with Gasteiger partial charge >= 0.3 is 0 Å². The number of likely N-dealkylation sites (tertiary alicyclic amines) is 1. The molecule has 1 aromatic rings. The normalized spacial score (nSPS) is 15.6. The summed E-state index contributed by atoms with van der Waals surface area (Å²) in [4.78, 5) is 24.9. The summed E-state index contributed by atoms with van der Waals surface area (Å²) < 4.78 is 4.95. The van der Waals surface area contributed by atoms with Crippen LogP contribution in [0.25, 0.3) is 0 Å². The molecule has 1 fully saturated rings. The number of phenols is 1. The van der Waals surface area contributed by atoms with Crippen molar-refractivity contribution in [2.75, 3.05) is 20.2 Å². The van der Waals surface area contributed by atoms with E-state index in [1.807, 2.05) is 0 Å². The van der Waals surface area contributed by atoms with Crippen molar-refractivity contribution >= 4 is 11.7 Å². The molecular weight excluding hydrogens is 234 g/mol. The van der Waals surface area contributed by atoms with Crippen LogP contribution in [0.1, 0.15) is 23.2 Å². The number of hydrogen-bond acceptors (Lipinski definition) is 4. The first-order valence-electron chi connectivity index (χ1n) is 5.80. The summed E-state index contributed by atoms with van der Waals surface area (Å²) in [6, 6.07) is 4.51. The van der Waals surface area contributed by atoms with Crippen molar-refractivity contribution in [2.24, 2.45) is 0 Å². The van der Waals surface area contributed by atoms with Gasteiger partial charge in [-0.3, -0.25) is 9.59 Å². The Labute approximate surface area is 105 Å². The molecule has 0 aromatic heterocycles. The zero-order chi connectivity index (χ0) is 13.1. The SMILES string of the molecule is COc1ccc(C(=O)N2CCCC(=O)C2)c(O)c1. The van der Waals surface area contributed by atoms with Gasteiger partial charge in [0.2, 0.25) is 0 Å². The van der Waals surface area contributed by atoms with Crippen LogP contribution in [0.2, 0.25) is 0 Å². The monoisotopic (exact) mass is 249 g/mol. The quantitative estimate of drug-likeness (QED) is 0.855. The number of amides is 1. The number of phenolic OH excluding ortho intramolecular Hbond substituents is 1. The molecule has 5 nitrogen and oxygen atoms in total. The van der Waals surface area contributed by atoms with Gasteiger partial charge in [-0.15, -0.1) is 0 Å². The maximum Gasteiger partial charge on any atom is 0.258 e. The summed E-state index contributed by atoms with van der Waals surface area (Å²) in [7, 11) is 1.49. The van der Waals surface area contributed by atoms with Crippen LogP contribution >= 0.6 is 0 Å². The predicted molar refractivity (Wildman–Crippen MR) is 64.8 cm³/mol. The Hall–Kier alpha value is -2.04. The number of ketones is 1. The van der Waals surface area contributed by atoms with Crippen LogP contribution in [0.15, 0.2) is 18.2 Å². The van der Waals surface area contributed by atoms with Gasteiger partial charge in [-0.05, 0) is 18.6 Å². The van der Waals surface area contributed by atoms with Gasteiger partial charge in [0.1, 0.15) is 11.5 Å². The van der Waals surface area contributed by atoms with Crippen molar-refractivity contribution in [3.63, 3.8) is 0 Å². The molecule has 1 amide bonds. The minimum atomic E-state index is -0.316. The molecule has 1 aliphatic rings. The van der Waals surface area contributed by atoms with Gasteiger partial charge in [0.15, 0.2) is 5.78 Å². The molecule has 1 aromatic carbocycles. The Morgan fingerprint density at radius 3 is 2.83 bits per heavy atom. The second-order valence-corrected chi connectivity index (χ2v) is 4.25. The molecule has 0 unspecified atom stereocenters. The predicted octanol–water partition coefficient (Wildman–Crippen LogP) is 1.21. The summed E-state index contributed by atoms with van der Waals surface area (Å²) >= 11 is 0. The van der Waals surface area contributed by atoms with Crippen LogP contribution in [0.5, 0.6) is 11.5 Å². The highest BCUT2D eigenvalue weighted by Crippen LogP contribution is 2.25. The fourth-order valence-electron chi connectivity index (χ4n) is 2.00. The molecule has 5 heteroatoms. The molecule has 0 aliphatic carbocycles. The van der Waals surface area contributed by atoms with E-state index in [-0.39, 0.29) is 29.5 Å². The van der Waals surface area contributed by atoms with Gasteiger partial charge < -0.3 is 14.7 Å². The second-order valence-electron chi connectivity index (χ2n) is 4.25. The van der Waals surface area contributed by atoms with E-state index < -0.39 is 0 Å². The van der Waals surface area contributed by atoms with E-state index in [0.29, 0.717) is 25.1 Å². The minimum Gasteiger partial charge on any atom is -0.507 e. The Bertz CT molecular complexity index is 484. The van der Waals surface area contributed by atoms with Crippen molar-refractivity contribution in [1.29, 1.82) is 0 Å². The number of methoxy groups -OCH3 is 1. The van der Waals surface area contributed by atoms with Crippen LogP contribution < -0.4 is 4.74 Å². The third-order valence-electron chi connectivity index (χ3n) is 2.97. The fraction of sp³-hybridized carbons (Fsp3) is 0.385. The van der Waals surface area contributed by atoms with Gasteiger partial charge in [-0.25, -0.2) is 0 Å². The highest BCUT2D eigenvalue weighted by Gasteiger charge is 2.24. The minimum absolute atomic E-state index is 0.0580. The Kier molecular flexibility index (Phi) is 3.50. The molecule has 1 saturated heterocycles. The van der Waals surface area contributed by atoms with E-state index in [1.165, 1.54) is 24.1 Å². The summed E-state index contributed by atoms with van der Waals surface area (Å²) in [5.41, 5.74) is 0.200. The number of ether oxygens (including phenoxy) is 1. The summed E-state index contributed by atoms with van der Waals surface area (Å²) in [5.74, 6) is 0.0990. The molecular formula is C13H15NO4. The summed E-state index contributed by atoms with van der Waals surface area (Å²) in [5, 5.41) is 9.78. The number of Topliss-reactive ketones (excluding diaryl/α,β-unsaturated/α-hetero) is 1. The number of nitrogens with zero attached hydrogens (tertiary/aromatic N) is 1. The van der Waals surface area contributed by atoms with Crippen LogP contribution in [0.4, 0.5) is 0 Å². The lowest BCUT2D eigenvalue weighted by molar-refractivity contribution is -0.121. The third kappa shape index (κ3) is 2.45. The Morgan fingerprint density at radius 1 is 1.44 bits per heavy atom. The van der Waals surface area contributed by atoms with Crippen molar-refractivity contribution < 1.29 is 19.4 Å². The Balaban J connectivity index is 2.20. The molecule has 1 aliphatic heterocycles. The van der Waals surface area contributed by atoms with Crippen molar-refractivity contribution in [2.45, 2.75) is 12.8 Å². The molecule has 0 radical (unpaired) electrons. The topological polar surface area (TPSA) is 66.8 Å². The van der Waals surface area contributed by atoms with Gasteiger partial charge in [-0.2, -0.15) is 0 Å². The van der Waals surface area contributed by atoms with Crippen LogP contribution in [0.3, 0.4) is 0 Å². The van der Waals surface area contributed by atoms with Gasteiger partial charge in [0.25, 0.3) is 5.91 Å². The number of aromatic hydroxyl groups is 1. The molecule has 96 valence electrons. The van der Waals surface area contributed by atoms with Gasteiger partial charge in [0.05, 0.1) is 19.2 Å². The third-order valence-corrected chi connectivity index (χ3v) is 2.97. The first kappa shape index (κ1) is 12.4. The van der Waals surface area contributed by atoms with E-state index >= 15 is 0 Å².